The van der Waals surface area contributed by atoms with Crippen molar-refractivity contribution in [2.24, 2.45) is 0 Å². The van der Waals surface area contributed by atoms with E-state index >= 15 is 0 Å². The maximum absolute atomic E-state index is 8.03. The molecule has 0 aliphatic rings. The van der Waals surface area contributed by atoms with Gasteiger partial charge >= 0.3 is 0 Å². The van der Waals surface area contributed by atoms with Gasteiger partial charge in [-0.15, -0.1) is 0 Å². The molecule has 2 aromatic rings. The van der Waals surface area contributed by atoms with Gasteiger partial charge in [-0.2, -0.15) is 0 Å². The highest BCUT2D eigenvalue weighted by Crippen LogP contribution is 2.24. The molecule has 0 aliphatic heterocycles. The number of aryl methyl sites for hydroxylation is 2. The fraction of sp³-hybridized carbons (Fsp3) is 0.412. The number of hydrogen-bond donors (Lipinski definition) is 2. The van der Waals surface area contributed by atoms with Crippen LogP contribution in [0.4, 0.5) is 0 Å². The molecule has 0 spiro atoms. The van der Waals surface area contributed by atoms with Crippen LogP contribution in [0.1, 0.15) is 31.2 Å². The Bertz CT molecular complexity index is 634. The van der Waals surface area contributed by atoms with Gasteiger partial charge in [0.15, 0.2) is 0 Å². The third-order valence-electron chi connectivity index (χ3n) is 3.69. The van der Waals surface area contributed by atoms with Crippen molar-refractivity contribution in [3.8, 4) is 11.5 Å². The summed E-state index contributed by atoms with van der Waals surface area (Å²) in [5.41, 5.74) is 2.66. The van der Waals surface area contributed by atoms with Crippen LogP contribution in [0.25, 0.3) is 11.5 Å². The third kappa shape index (κ3) is 4.52. The molecule has 1 heterocycles. The molecule has 1 aromatic carbocycles. The Hall–Kier alpha value is -1.46. The van der Waals surface area contributed by atoms with E-state index in [2.05, 4.69) is 33.2 Å². The van der Waals surface area contributed by atoms with E-state index in [4.69, 9.17) is 9.83 Å². The first-order valence-electron chi connectivity index (χ1n) is 7.45. The minimum absolute atomic E-state index is 0.337. The number of oxazole rings is 1. The molecule has 0 aliphatic carbocycles. The van der Waals surface area contributed by atoms with Gasteiger partial charge in [-0.3, -0.25) is 0 Å². The van der Waals surface area contributed by atoms with Crippen molar-refractivity contribution >= 4 is 21.6 Å². The number of hydrogen-bond acceptors (Lipinski definition) is 4. The fourth-order valence-corrected chi connectivity index (χ4v) is 2.48. The average Bonchev–Trinajstić information content (AvgIpc) is 2.87. The Balaban J connectivity index is 2.01. The Labute approximate surface area is 140 Å². The van der Waals surface area contributed by atoms with Crippen LogP contribution in [-0.2, 0) is 6.42 Å². The molecule has 1 unspecified atom stereocenters. The van der Waals surface area contributed by atoms with Crippen LogP contribution in [-0.4, -0.2) is 23.8 Å². The summed E-state index contributed by atoms with van der Waals surface area (Å²) in [6, 6.07) is 8.25. The normalized spacial score (nSPS) is 12.4. The second-order valence-electron chi connectivity index (χ2n) is 5.53. The van der Waals surface area contributed by atoms with Gasteiger partial charge in [-0.05, 0) is 58.0 Å². The first kappa shape index (κ1) is 16.9. The summed E-state index contributed by atoms with van der Waals surface area (Å²) in [5, 5.41) is 11.2. The molecule has 0 fully saturated rings. The van der Waals surface area contributed by atoms with Crippen LogP contribution in [0.3, 0.4) is 0 Å². The van der Waals surface area contributed by atoms with Gasteiger partial charge in [0.2, 0.25) is 5.89 Å². The quantitative estimate of drug-likeness (QED) is 0.718. The monoisotopic (exact) mass is 363 g/mol. The van der Waals surface area contributed by atoms with Crippen molar-refractivity contribution in [3.05, 3.63) is 40.2 Å². The lowest BCUT2D eigenvalue weighted by atomic mass is 10.1. The van der Waals surface area contributed by atoms with Crippen LogP contribution in [0, 0.1) is 12.3 Å². The highest BCUT2D eigenvalue weighted by Gasteiger charge is 2.12. The largest absolute Gasteiger partial charge is 0.441 e. The smallest absolute Gasteiger partial charge is 0.226 e. The number of rotatable bonds is 7. The Kier molecular flexibility index (Phi) is 5.91. The lowest BCUT2D eigenvalue weighted by Gasteiger charge is -2.10. The predicted molar refractivity (Wildman–Crippen MR) is 93.6 cm³/mol. The van der Waals surface area contributed by atoms with E-state index in [0.717, 1.165) is 46.5 Å². The number of nitrogens with zero attached hydrogens (tertiary/aromatic N) is 1. The van der Waals surface area contributed by atoms with E-state index in [1.165, 1.54) is 0 Å². The molecule has 0 amide bonds. The molecule has 0 bridgehead atoms. The summed E-state index contributed by atoms with van der Waals surface area (Å²) in [6.07, 6.45) is 2.24. The maximum Gasteiger partial charge on any atom is 0.226 e. The van der Waals surface area contributed by atoms with E-state index in [0.29, 0.717) is 11.9 Å². The van der Waals surface area contributed by atoms with Crippen molar-refractivity contribution in [1.82, 2.24) is 10.3 Å². The van der Waals surface area contributed by atoms with Gasteiger partial charge in [0.25, 0.3) is 0 Å². The number of aromatic nitrogens is 1. The number of benzene rings is 1. The van der Waals surface area contributed by atoms with Gasteiger partial charge in [0, 0.05) is 28.2 Å². The van der Waals surface area contributed by atoms with Crippen LogP contribution in [0.15, 0.2) is 33.2 Å². The molecule has 2 N–H and O–H groups in total. The fourth-order valence-electron chi connectivity index (χ4n) is 2.22. The molecule has 0 saturated heterocycles. The minimum atomic E-state index is 0.337. The zero-order chi connectivity index (χ0) is 16.1. The van der Waals surface area contributed by atoms with E-state index in [9.17, 15) is 0 Å². The topological polar surface area (TPSA) is 61.9 Å². The zero-order valence-electron chi connectivity index (χ0n) is 13.2. The van der Waals surface area contributed by atoms with Crippen molar-refractivity contribution in [2.45, 2.75) is 39.2 Å². The van der Waals surface area contributed by atoms with Crippen LogP contribution in [0.5, 0.6) is 0 Å². The molecule has 0 saturated carbocycles. The molecule has 4 nitrogen and oxygen atoms in total. The van der Waals surface area contributed by atoms with Gasteiger partial charge in [-0.1, -0.05) is 15.9 Å². The second kappa shape index (κ2) is 7.70. The predicted octanol–water partition coefficient (Wildman–Crippen LogP) is 4.36. The Morgan fingerprint density at radius 2 is 2.05 bits per heavy atom. The molecule has 5 heteroatoms. The first-order chi connectivity index (χ1) is 10.5. The molecule has 0 radical (unpaired) electrons. The third-order valence-corrected chi connectivity index (χ3v) is 4.22. The summed E-state index contributed by atoms with van der Waals surface area (Å²) in [5.74, 6) is 1.49. The summed E-state index contributed by atoms with van der Waals surface area (Å²) in [6.45, 7) is 4.02. The van der Waals surface area contributed by atoms with Crippen molar-refractivity contribution in [2.75, 3.05) is 7.05 Å². The first-order valence-corrected chi connectivity index (χ1v) is 8.24. The molecule has 2 rings (SSSR count). The van der Waals surface area contributed by atoms with Crippen molar-refractivity contribution < 1.29 is 4.42 Å². The summed E-state index contributed by atoms with van der Waals surface area (Å²) < 4.78 is 6.80. The van der Waals surface area contributed by atoms with Crippen LogP contribution < -0.4 is 5.32 Å². The van der Waals surface area contributed by atoms with Gasteiger partial charge in [-0.25, -0.2) is 4.98 Å². The SMILES string of the molecule is CNC(C)CC(=N)CCc1nc(-c2ccc(Br)cc2)oc1C. The standard InChI is InChI=1S/C17H22BrN3O/c1-11(20-3)10-15(19)8-9-16-12(2)22-17(21-16)13-4-6-14(18)7-5-13/h4-7,11,19-20H,8-10H2,1-3H3. The van der Waals surface area contributed by atoms with Crippen molar-refractivity contribution in [1.29, 1.82) is 5.41 Å². The summed E-state index contributed by atoms with van der Waals surface area (Å²) >= 11 is 3.42. The zero-order valence-corrected chi connectivity index (χ0v) is 14.8. The average molecular weight is 364 g/mol. The summed E-state index contributed by atoms with van der Waals surface area (Å²) in [4.78, 5) is 4.59. The van der Waals surface area contributed by atoms with E-state index in [1.54, 1.807) is 0 Å². The highest BCUT2D eigenvalue weighted by molar-refractivity contribution is 9.10. The minimum Gasteiger partial charge on any atom is -0.441 e. The number of nitrogens with one attached hydrogen (secondary N) is 2. The van der Waals surface area contributed by atoms with E-state index in [-0.39, 0.29) is 0 Å². The van der Waals surface area contributed by atoms with E-state index in [1.807, 2.05) is 38.2 Å². The van der Waals surface area contributed by atoms with Crippen LogP contribution in [0.2, 0.25) is 0 Å². The van der Waals surface area contributed by atoms with Gasteiger partial charge in [0.05, 0.1) is 5.69 Å². The van der Waals surface area contributed by atoms with E-state index < -0.39 is 0 Å². The summed E-state index contributed by atoms with van der Waals surface area (Å²) in [7, 11) is 1.92. The van der Waals surface area contributed by atoms with Gasteiger partial charge < -0.3 is 15.1 Å². The molecule has 118 valence electrons. The molecule has 1 atom stereocenters. The lowest BCUT2D eigenvalue weighted by Crippen LogP contribution is -2.24. The number of halogens is 1. The maximum atomic E-state index is 8.03. The Morgan fingerprint density at radius 1 is 1.36 bits per heavy atom. The van der Waals surface area contributed by atoms with Crippen LogP contribution >= 0.6 is 15.9 Å². The van der Waals surface area contributed by atoms with Gasteiger partial charge in [0.1, 0.15) is 5.76 Å². The molecule has 22 heavy (non-hydrogen) atoms. The van der Waals surface area contributed by atoms with Crippen molar-refractivity contribution in [3.63, 3.8) is 0 Å². The molecular formula is C17H22BrN3O. The highest BCUT2D eigenvalue weighted by atomic mass is 79.9. The second-order valence-corrected chi connectivity index (χ2v) is 6.44. The molecular weight excluding hydrogens is 342 g/mol. The molecule has 1 aromatic heterocycles. The Morgan fingerprint density at radius 3 is 2.68 bits per heavy atom. The lowest BCUT2D eigenvalue weighted by molar-refractivity contribution is 0.539.